The third-order valence-electron chi connectivity index (χ3n) is 5.50. The van der Waals surface area contributed by atoms with E-state index in [0.29, 0.717) is 33.7 Å². The Morgan fingerprint density at radius 2 is 1.90 bits per heavy atom. The number of nitrogens with zero attached hydrogens (tertiary/aromatic N) is 2. The van der Waals surface area contributed by atoms with Crippen LogP contribution < -0.4 is 10.9 Å². The summed E-state index contributed by atoms with van der Waals surface area (Å²) in [5, 5.41) is 3.96. The van der Waals surface area contributed by atoms with Crippen molar-refractivity contribution in [3.8, 4) is 0 Å². The highest BCUT2D eigenvalue weighted by Crippen LogP contribution is 2.28. The SMILES string of the molecule is Cc1cc(C)c(NC(=O)c2ccc3c(=O)n4c(nc3c2)CCCCCC4)c(Cl)c1. The van der Waals surface area contributed by atoms with Crippen LogP contribution in [0.25, 0.3) is 10.9 Å². The molecule has 1 N–H and O–H groups in total. The summed E-state index contributed by atoms with van der Waals surface area (Å²) in [7, 11) is 0. The lowest BCUT2D eigenvalue weighted by Gasteiger charge is -2.16. The van der Waals surface area contributed by atoms with Crippen molar-refractivity contribution in [2.75, 3.05) is 5.32 Å². The van der Waals surface area contributed by atoms with Gasteiger partial charge in [0.15, 0.2) is 0 Å². The van der Waals surface area contributed by atoms with E-state index >= 15 is 0 Å². The van der Waals surface area contributed by atoms with E-state index in [9.17, 15) is 9.59 Å². The molecule has 1 amide bonds. The zero-order chi connectivity index (χ0) is 20.5. The van der Waals surface area contributed by atoms with Gasteiger partial charge in [0.2, 0.25) is 0 Å². The molecule has 2 aromatic carbocycles. The largest absolute Gasteiger partial charge is 0.320 e. The number of halogens is 1. The summed E-state index contributed by atoms with van der Waals surface area (Å²) in [6, 6.07) is 8.87. The maximum absolute atomic E-state index is 12.9. The van der Waals surface area contributed by atoms with E-state index < -0.39 is 0 Å². The van der Waals surface area contributed by atoms with E-state index in [0.717, 1.165) is 49.1 Å². The summed E-state index contributed by atoms with van der Waals surface area (Å²) in [4.78, 5) is 30.5. The summed E-state index contributed by atoms with van der Waals surface area (Å²) in [5.74, 6) is 0.548. The van der Waals surface area contributed by atoms with Gasteiger partial charge in [0, 0.05) is 18.5 Å². The normalized spacial score (nSPS) is 14.2. The lowest BCUT2D eigenvalue weighted by molar-refractivity contribution is 0.102. The van der Waals surface area contributed by atoms with Crippen molar-refractivity contribution in [1.82, 2.24) is 9.55 Å². The Morgan fingerprint density at radius 3 is 2.69 bits per heavy atom. The van der Waals surface area contributed by atoms with Crippen molar-refractivity contribution in [2.24, 2.45) is 0 Å². The number of hydrogen-bond acceptors (Lipinski definition) is 3. The smallest absolute Gasteiger partial charge is 0.261 e. The Bertz CT molecular complexity index is 1140. The van der Waals surface area contributed by atoms with Gasteiger partial charge in [-0.15, -0.1) is 0 Å². The Balaban J connectivity index is 1.71. The van der Waals surface area contributed by atoms with Crippen LogP contribution in [0.4, 0.5) is 5.69 Å². The minimum Gasteiger partial charge on any atom is -0.320 e. The number of benzene rings is 2. The summed E-state index contributed by atoms with van der Waals surface area (Å²) >= 11 is 6.32. The molecule has 1 aliphatic heterocycles. The van der Waals surface area contributed by atoms with Crippen LogP contribution in [0, 0.1) is 13.8 Å². The van der Waals surface area contributed by atoms with Gasteiger partial charge in [-0.2, -0.15) is 0 Å². The van der Waals surface area contributed by atoms with Crippen molar-refractivity contribution in [3.05, 3.63) is 68.2 Å². The van der Waals surface area contributed by atoms with Crippen LogP contribution >= 0.6 is 11.6 Å². The quantitative estimate of drug-likeness (QED) is 0.645. The Kier molecular flexibility index (Phi) is 5.41. The molecule has 150 valence electrons. The van der Waals surface area contributed by atoms with Crippen LogP contribution in [0.3, 0.4) is 0 Å². The summed E-state index contributed by atoms with van der Waals surface area (Å²) < 4.78 is 1.80. The fourth-order valence-corrected chi connectivity index (χ4v) is 4.36. The Morgan fingerprint density at radius 1 is 1.10 bits per heavy atom. The molecule has 0 radical (unpaired) electrons. The number of aromatic nitrogens is 2. The molecule has 1 aromatic heterocycles. The van der Waals surface area contributed by atoms with Crippen molar-refractivity contribution >= 4 is 34.1 Å². The molecule has 0 fully saturated rings. The lowest BCUT2D eigenvalue weighted by atomic mass is 10.1. The Labute approximate surface area is 174 Å². The molecule has 6 heteroatoms. The molecular weight excluding hydrogens is 386 g/mol. The molecule has 0 spiro atoms. The first-order valence-corrected chi connectivity index (χ1v) is 10.4. The van der Waals surface area contributed by atoms with Gasteiger partial charge < -0.3 is 5.32 Å². The van der Waals surface area contributed by atoms with Crippen molar-refractivity contribution < 1.29 is 4.79 Å². The molecule has 0 atom stereocenters. The van der Waals surface area contributed by atoms with E-state index in [-0.39, 0.29) is 11.5 Å². The van der Waals surface area contributed by atoms with E-state index in [2.05, 4.69) is 5.32 Å². The van der Waals surface area contributed by atoms with Gasteiger partial charge >= 0.3 is 0 Å². The molecule has 0 unspecified atom stereocenters. The number of carbonyl (C=O) groups is 1. The predicted octanol–water partition coefficient (Wildman–Crippen LogP) is 5.04. The highest BCUT2D eigenvalue weighted by atomic mass is 35.5. The van der Waals surface area contributed by atoms with E-state index in [1.165, 1.54) is 0 Å². The monoisotopic (exact) mass is 409 g/mol. The molecule has 1 aliphatic rings. The van der Waals surface area contributed by atoms with Crippen molar-refractivity contribution in [2.45, 2.75) is 52.5 Å². The minimum absolute atomic E-state index is 0.0173. The highest BCUT2D eigenvalue weighted by molar-refractivity contribution is 6.34. The van der Waals surface area contributed by atoms with Gasteiger partial charge in [-0.1, -0.05) is 30.5 Å². The zero-order valence-corrected chi connectivity index (χ0v) is 17.5. The van der Waals surface area contributed by atoms with Crippen LogP contribution in [0.1, 0.15) is 53.0 Å². The second-order valence-corrected chi connectivity index (χ2v) is 8.18. The van der Waals surface area contributed by atoms with Gasteiger partial charge in [-0.05, 0) is 62.1 Å². The van der Waals surface area contributed by atoms with Gasteiger partial charge in [0.1, 0.15) is 5.82 Å². The van der Waals surface area contributed by atoms with Gasteiger partial charge in [-0.3, -0.25) is 14.2 Å². The molecule has 4 rings (SSSR count). The topological polar surface area (TPSA) is 64.0 Å². The average Bonchev–Trinajstić information content (AvgIpc) is 2.65. The fraction of sp³-hybridized carbons (Fsp3) is 0.348. The number of anilines is 1. The van der Waals surface area contributed by atoms with E-state index in [4.69, 9.17) is 16.6 Å². The van der Waals surface area contributed by atoms with Crippen LogP contribution in [-0.4, -0.2) is 15.5 Å². The molecule has 0 saturated heterocycles. The maximum atomic E-state index is 12.9. The first kappa shape index (κ1) is 19.6. The number of fused-ring (bicyclic) bond motifs is 2. The number of carbonyl (C=O) groups excluding carboxylic acids is 1. The first-order valence-electron chi connectivity index (χ1n) is 10.1. The van der Waals surface area contributed by atoms with E-state index in [1.54, 1.807) is 22.8 Å². The van der Waals surface area contributed by atoms with Gasteiger partial charge in [0.05, 0.1) is 21.6 Å². The summed E-state index contributed by atoms with van der Waals surface area (Å²) in [5.41, 5.74) is 3.56. The molecule has 0 saturated carbocycles. The molecule has 0 aliphatic carbocycles. The zero-order valence-electron chi connectivity index (χ0n) is 16.7. The molecule has 0 bridgehead atoms. The fourth-order valence-electron chi connectivity index (χ4n) is 4.00. The molecule has 2 heterocycles. The number of rotatable bonds is 2. The second-order valence-electron chi connectivity index (χ2n) is 7.77. The molecule has 29 heavy (non-hydrogen) atoms. The predicted molar refractivity (Wildman–Crippen MR) is 117 cm³/mol. The third-order valence-corrected chi connectivity index (χ3v) is 5.80. The van der Waals surface area contributed by atoms with Crippen LogP contribution in [0.2, 0.25) is 5.02 Å². The molecular formula is C23H24ClN3O2. The molecule has 5 nitrogen and oxygen atoms in total. The summed E-state index contributed by atoms with van der Waals surface area (Å²) in [6.45, 7) is 4.59. The first-order chi connectivity index (χ1) is 13.9. The number of nitrogens with one attached hydrogen (secondary N) is 1. The van der Waals surface area contributed by atoms with Crippen molar-refractivity contribution in [1.29, 1.82) is 0 Å². The summed E-state index contributed by atoms with van der Waals surface area (Å²) in [6.07, 6.45) is 5.12. The van der Waals surface area contributed by atoms with E-state index in [1.807, 2.05) is 26.0 Å². The Hall–Kier alpha value is -2.66. The van der Waals surface area contributed by atoms with Crippen LogP contribution in [0.5, 0.6) is 0 Å². The third kappa shape index (κ3) is 3.92. The number of aryl methyl sites for hydroxylation is 3. The van der Waals surface area contributed by atoms with Crippen LogP contribution in [-0.2, 0) is 13.0 Å². The maximum Gasteiger partial charge on any atom is 0.261 e. The van der Waals surface area contributed by atoms with Gasteiger partial charge in [0.25, 0.3) is 11.5 Å². The average molecular weight is 410 g/mol. The number of hydrogen-bond donors (Lipinski definition) is 1. The highest BCUT2D eigenvalue weighted by Gasteiger charge is 2.16. The number of amides is 1. The van der Waals surface area contributed by atoms with Crippen LogP contribution in [0.15, 0.2) is 35.1 Å². The minimum atomic E-state index is -0.269. The molecule has 3 aromatic rings. The van der Waals surface area contributed by atoms with Crippen molar-refractivity contribution in [3.63, 3.8) is 0 Å². The second kappa shape index (κ2) is 7.99. The van der Waals surface area contributed by atoms with Gasteiger partial charge in [-0.25, -0.2) is 4.98 Å². The standard InChI is InChI=1S/C23H24ClN3O2/c1-14-11-15(2)21(18(24)12-14)26-22(28)16-8-9-17-19(13-16)25-20-7-5-3-4-6-10-27(20)23(17)29/h8-9,11-13H,3-7,10H2,1-2H3,(H,26,28). The lowest BCUT2D eigenvalue weighted by Crippen LogP contribution is -2.26.